The molecule has 2 aromatic rings. The first-order valence-electron chi connectivity index (χ1n) is 7.89. The average Bonchev–Trinajstić information content (AvgIpc) is 2.53. The molecule has 0 bridgehead atoms. The van der Waals surface area contributed by atoms with Gasteiger partial charge in [-0.25, -0.2) is 4.39 Å². The van der Waals surface area contributed by atoms with Gasteiger partial charge in [-0.3, -0.25) is 4.79 Å². The van der Waals surface area contributed by atoms with Gasteiger partial charge in [0.15, 0.2) is 0 Å². The zero-order chi connectivity index (χ0) is 16.3. The summed E-state index contributed by atoms with van der Waals surface area (Å²) in [5.41, 5.74) is 1.15. The van der Waals surface area contributed by atoms with E-state index in [9.17, 15) is 14.3 Å². The predicted molar refractivity (Wildman–Crippen MR) is 86.3 cm³/mol. The van der Waals surface area contributed by atoms with E-state index in [0.29, 0.717) is 5.56 Å². The molecule has 1 atom stereocenters. The summed E-state index contributed by atoms with van der Waals surface area (Å²) in [5, 5.41) is 13.0. The fourth-order valence-corrected chi connectivity index (χ4v) is 3.10. The molecule has 0 heterocycles. The largest absolute Gasteiger partial charge is 0.387 e. The van der Waals surface area contributed by atoms with Crippen molar-refractivity contribution in [2.45, 2.75) is 30.8 Å². The highest BCUT2D eigenvalue weighted by atomic mass is 19.1. The van der Waals surface area contributed by atoms with Crippen molar-refractivity contribution in [1.82, 2.24) is 5.32 Å². The van der Waals surface area contributed by atoms with Crippen LogP contribution >= 0.6 is 0 Å². The van der Waals surface area contributed by atoms with Crippen molar-refractivity contribution in [3.8, 4) is 0 Å². The molecule has 3 rings (SSSR count). The summed E-state index contributed by atoms with van der Waals surface area (Å²) in [6.45, 7) is 0.124. The maximum atomic E-state index is 12.9. The lowest BCUT2D eigenvalue weighted by molar-refractivity contribution is -0.130. The predicted octanol–water partition coefficient (Wildman–Crippen LogP) is 3.10. The minimum atomic E-state index is -0.840. The Morgan fingerprint density at radius 3 is 2.35 bits per heavy atom. The van der Waals surface area contributed by atoms with Crippen molar-refractivity contribution in [3.05, 3.63) is 71.5 Å². The maximum absolute atomic E-state index is 12.9. The lowest BCUT2D eigenvalue weighted by Gasteiger charge is -2.41. The second-order valence-electron chi connectivity index (χ2n) is 6.08. The third-order valence-corrected chi connectivity index (χ3v) is 4.68. The van der Waals surface area contributed by atoms with Crippen LogP contribution in [0.5, 0.6) is 0 Å². The lowest BCUT2D eigenvalue weighted by Crippen LogP contribution is -2.50. The van der Waals surface area contributed by atoms with Gasteiger partial charge in [0, 0.05) is 6.54 Å². The van der Waals surface area contributed by atoms with Crippen molar-refractivity contribution < 1.29 is 14.3 Å². The molecule has 0 aliphatic heterocycles. The molecule has 23 heavy (non-hydrogen) atoms. The summed E-state index contributed by atoms with van der Waals surface area (Å²) >= 11 is 0. The molecule has 0 radical (unpaired) electrons. The quantitative estimate of drug-likeness (QED) is 0.891. The lowest BCUT2D eigenvalue weighted by atomic mass is 9.64. The van der Waals surface area contributed by atoms with Crippen LogP contribution in [0.2, 0.25) is 0 Å². The SMILES string of the molecule is O=C(NCC(O)c1ccc(F)cc1)C1(c2ccccc2)CCC1. The van der Waals surface area contributed by atoms with E-state index in [1.54, 1.807) is 0 Å². The molecule has 1 unspecified atom stereocenters. The Kier molecular flexibility index (Phi) is 4.44. The van der Waals surface area contributed by atoms with Crippen LogP contribution < -0.4 is 5.32 Å². The Labute approximate surface area is 135 Å². The van der Waals surface area contributed by atoms with Crippen molar-refractivity contribution in [1.29, 1.82) is 0 Å². The van der Waals surface area contributed by atoms with Crippen molar-refractivity contribution in [3.63, 3.8) is 0 Å². The van der Waals surface area contributed by atoms with E-state index in [1.165, 1.54) is 24.3 Å². The fraction of sp³-hybridized carbons (Fsp3) is 0.316. The average molecular weight is 313 g/mol. The number of aliphatic hydroxyl groups excluding tert-OH is 1. The zero-order valence-corrected chi connectivity index (χ0v) is 12.8. The van der Waals surface area contributed by atoms with E-state index in [0.717, 1.165) is 24.8 Å². The van der Waals surface area contributed by atoms with Crippen molar-refractivity contribution >= 4 is 5.91 Å². The minimum Gasteiger partial charge on any atom is -0.387 e. The Morgan fingerprint density at radius 1 is 1.13 bits per heavy atom. The van der Waals surface area contributed by atoms with E-state index in [2.05, 4.69) is 5.32 Å². The number of aliphatic hydroxyl groups is 1. The molecule has 0 saturated heterocycles. The summed E-state index contributed by atoms with van der Waals surface area (Å²) in [5.74, 6) is -0.390. The van der Waals surface area contributed by atoms with Gasteiger partial charge in [-0.2, -0.15) is 0 Å². The smallest absolute Gasteiger partial charge is 0.230 e. The topological polar surface area (TPSA) is 49.3 Å². The summed E-state index contributed by atoms with van der Waals surface area (Å²) in [6.07, 6.45) is 1.85. The Hall–Kier alpha value is -2.20. The normalized spacial score (nSPS) is 17.1. The zero-order valence-electron chi connectivity index (χ0n) is 12.8. The van der Waals surface area contributed by atoms with Gasteiger partial charge in [0.1, 0.15) is 5.82 Å². The summed E-state index contributed by atoms with van der Waals surface area (Å²) < 4.78 is 12.9. The molecular weight excluding hydrogens is 293 g/mol. The van der Waals surface area contributed by atoms with Crippen LogP contribution in [-0.2, 0) is 10.2 Å². The summed E-state index contributed by atoms with van der Waals surface area (Å²) in [6, 6.07) is 15.4. The van der Waals surface area contributed by atoms with Gasteiger partial charge in [0.2, 0.25) is 5.91 Å². The van der Waals surface area contributed by atoms with Crippen LogP contribution in [0.25, 0.3) is 0 Å². The third-order valence-electron chi connectivity index (χ3n) is 4.68. The second-order valence-corrected chi connectivity index (χ2v) is 6.08. The van der Waals surface area contributed by atoms with E-state index in [4.69, 9.17) is 0 Å². The van der Waals surface area contributed by atoms with Crippen molar-refractivity contribution in [2.24, 2.45) is 0 Å². The molecule has 1 aliphatic rings. The first kappa shape index (κ1) is 15.7. The van der Waals surface area contributed by atoms with Gasteiger partial charge < -0.3 is 10.4 Å². The van der Waals surface area contributed by atoms with Crippen LogP contribution in [0.15, 0.2) is 54.6 Å². The maximum Gasteiger partial charge on any atom is 0.230 e. The molecule has 2 aromatic carbocycles. The number of carbonyl (C=O) groups excluding carboxylic acids is 1. The van der Waals surface area contributed by atoms with Gasteiger partial charge in [0.25, 0.3) is 0 Å². The monoisotopic (exact) mass is 313 g/mol. The first-order chi connectivity index (χ1) is 11.1. The summed E-state index contributed by atoms with van der Waals surface area (Å²) in [7, 11) is 0. The van der Waals surface area contributed by atoms with Gasteiger partial charge in [0.05, 0.1) is 11.5 Å². The van der Waals surface area contributed by atoms with E-state index >= 15 is 0 Å². The Bertz CT molecular complexity index is 666. The van der Waals surface area contributed by atoms with Gasteiger partial charge >= 0.3 is 0 Å². The molecule has 0 spiro atoms. The van der Waals surface area contributed by atoms with Gasteiger partial charge in [-0.05, 0) is 36.1 Å². The van der Waals surface area contributed by atoms with Crippen LogP contribution in [0.3, 0.4) is 0 Å². The highest BCUT2D eigenvalue weighted by Crippen LogP contribution is 2.43. The third kappa shape index (κ3) is 3.13. The first-order valence-corrected chi connectivity index (χ1v) is 7.89. The number of carbonyl (C=O) groups is 1. The van der Waals surface area contributed by atoms with E-state index in [1.807, 2.05) is 30.3 Å². The van der Waals surface area contributed by atoms with Crippen LogP contribution in [0.4, 0.5) is 4.39 Å². The van der Waals surface area contributed by atoms with E-state index < -0.39 is 11.5 Å². The molecule has 0 aromatic heterocycles. The Morgan fingerprint density at radius 2 is 1.78 bits per heavy atom. The second kappa shape index (κ2) is 6.50. The molecule has 1 saturated carbocycles. The standard InChI is InChI=1S/C19H20FNO2/c20-16-9-7-14(8-10-16)17(22)13-21-18(23)19(11-4-12-19)15-5-2-1-3-6-15/h1-3,5-10,17,22H,4,11-13H2,(H,21,23). The number of halogens is 1. The molecular formula is C19H20FNO2. The van der Waals surface area contributed by atoms with Crippen LogP contribution in [0, 0.1) is 5.82 Å². The number of rotatable bonds is 5. The van der Waals surface area contributed by atoms with Gasteiger partial charge in [-0.15, -0.1) is 0 Å². The minimum absolute atomic E-state index is 0.0453. The molecule has 120 valence electrons. The van der Waals surface area contributed by atoms with Gasteiger partial charge in [-0.1, -0.05) is 48.9 Å². The number of hydrogen-bond donors (Lipinski definition) is 2. The molecule has 3 nitrogen and oxygen atoms in total. The Balaban J connectivity index is 1.65. The molecule has 4 heteroatoms. The molecule has 1 aliphatic carbocycles. The molecule has 1 fully saturated rings. The number of nitrogens with one attached hydrogen (secondary N) is 1. The van der Waals surface area contributed by atoms with Crippen LogP contribution in [-0.4, -0.2) is 17.6 Å². The highest BCUT2D eigenvalue weighted by Gasteiger charge is 2.45. The molecule has 2 N–H and O–H groups in total. The summed E-state index contributed by atoms with van der Waals surface area (Å²) in [4.78, 5) is 12.7. The molecule has 1 amide bonds. The fourth-order valence-electron chi connectivity index (χ4n) is 3.10. The number of amides is 1. The van der Waals surface area contributed by atoms with Crippen molar-refractivity contribution in [2.75, 3.05) is 6.54 Å². The van der Waals surface area contributed by atoms with E-state index in [-0.39, 0.29) is 18.3 Å². The number of benzene rings is 2. The highest BCUT2D eigenvalue weighted by molar-refractivity contribution is 5.89. The number of hydrogen-bond acceptors (Lipinski definition) is 2. The van der Waals surface area contributed by atoms with Crippen LogP contribution in [0.1, 0.15) is 36.5 Å².